The monoisotopic (exact) mass is 432 g/mol. The largest absolute Gasteiger partial charge is 0.491 e. The van der Waals surface area contributed by atoms with E-state index in [9.17, 15) is 5.11 Å². The van der Waals surface area contributed by atoms with Crippen molar-refractivity contribution in [3.8, 4) is 39.7 Å². The number of benzene rings is 1. The highest BCUT2D eigenvalue weighted by atomic mass is 16.5. The van der Waals surface area contributed by atoms with E-state index in [1.165, 1.54) is 6.33 Å². The molecule has 1 unspecified atom stereocenters. The molecule has 0 fully saturated rings. The molecule has 0 amide bonds. The maximum atomic E-state index is 9.91. The van der Waals surface area contributed by atoms with Crippen LogP contribution in [0.5, 0.6) is 5.75 Å². The van der Waals surface area contributed by atoms with E-state index < -0.39 is 6.10 Å². The fraction of sp³-hybridized carbons (Fsp3) is 0.261. The molecule has 0 spiro atoms. The Morgan fingerprint density at radius 1 is 1.06 bits per heavy atom. The first-order valence-electron chi connectivity index (χ1n) is 10.2. The summed E-state index contributed by atoms with van der Waals surface area (Å²) in [6, 6.07) is 9.34. The van der Waals surface area contributed by atoms with Gasteiger partial charge in [-0.15, -0.1) is 0 Å². The van der Waals surface area contributed by atoms with Crippen molar-refractivity contribution in [1.82, 2.24) is 30.4 Å². The van der Waals surface area contributed by atoms with Crippen molar-refractivity contribution in [2.75, 3.05) is 20.2 Å². The summed E-state index contributed by atoms with van der Waals surface area (Å²) in [4.78, 5) is 17.8. The second kappa shape index (κ2) is 9.63. The summed E-state index contributed by atoms with van der Waals surface area (Å²) in [7, 11) is 1.78. The lowest BCUT2D eigenvalue weighted by atomic mass is 10.1. The number of aliphatic hydroxyl groups excluding tert-OH is 1. The molecule has 1 aromatic carbocycles. The number of hydrogen-bond acceptors (Lipinski definition) is 9. The van der Waals surface area contributed by atoms with Crippen LogP contribution < -0.4 is 10.1 Å². The number of ether oxygens (including phenoxy) is 1. The van der Waals surface area contributed by atoms with Crippen molar-refractivity contribution >= 4 is 0 Å². The number of aromatic nitrogens is 5. The molecule has 0 saturated carbocycles. The van der Waals surface area contributed by atoms with Crippen LogP contribution in [0.2, 0.25) is 0 Å². The lowest BCUT2D eigenvalue weighted by molar-refractivity contribution is 0.108. The van der Waals surface area contributed by atoms with Crippen LogP contribution in [0.4, 0.5) is 0 Å². The number of aliphatic hydroxyl groups is 1. The minimum atomic E-state index is -0.604. The van der Waals surface area contributed by atoms with E-state index in [0.717, 1.165) is 22.4 Å². The predicted molar refractivity (Wildman–Crippen MR) is 119 cm³/mol. The van der Waals surface area contributed by atoms with Crippen molar-refractivity contribution in [3.63, 3.8) is 0 Å². The van der Waals surface area contributed by atoms with Gasteiger partial charge < -0.3 is 19.7 Å². The molecule has 0 radical (unpaired) electrons. The van der Waals surface area contributed by atoms with E-state index in [1.54, 1.807) is 19.4 Å². The molecule has 9 nitrogen and oxygen atoms in total. The summed E-state index contributed by atoms with van der Waals surface area (Å²) in [5, 5.41) is 16.9. The van der Waals surface area contributed by atoms with E-state index in [0.29, 0.717) is 35.3 Å². The number of aryl methyl sites for hydroxylation is 2. The van der Waals surface area contributed by atoms with E-state index in [1.807, 2.05) is 44.2 Å². The van der Waals surface area contributed by atoms with Crippen LogP contribution in [0.25, 0.3) is 33.9 Å². The molecular formula is C23H24N6O3. The molecule has 9 heteroatoms. The lowest BCUT2D eigenvalue weighted by Gasteiger charge is -2.13. The van der Waals surface area contributed by atoms with Crippen LogP contribution in [-0.2, 0) is 0 Å². The van der Waals surface area contributed by atoms with Gasteiger partial charge in [0.15, 0.2) is 5.82 Å². The number of nitrogens with one attached hydrogen (secondary N) is 1. The van der Waals surface area contributed by atoms with Gasteiger partial charge in [-0.05, 0) is 39.1 Å². The Morgan fingerprint density at radius 3 is 2.56 bits per heavy atom. The molecule has 4 rings (SSSR count). The highest BCUT2D eigenvalue weighted by Gasteiger charge is 2.17. The standard InChI is InChI=1S/C23H24N6O3/c1-14-22(15(2)32-29-14)21-8-20(17-9-25-13-26-10-17)27-23(28-21)16-5-4-6-19(7-16)31-12-18(30)11-24-3/h4-10,13,18,24,30H,11-12H2,1-3H3. The second-order valence-electron chi connectivity index (χ2n) is 7.34. The molecule has 0 saturated heterocycles. The van der Waals surface area contributed by atoms with Gasteiger partial charge in [-0.2, -0.15) is 0 Å². The Balaban J connectivity index is 1.75. The summed E-state index contributed by atoms with van der Waals surface area (Å²) in [5.41, 5.74) is 4.50. The first-order valence-corrected chi connectivity index (χ1v) is 10.2. The first-order chi connectivity index (χ1) is 15.5. The topological polar surface area (TPSA) is 119 Å². The first kappa shape index (κ1) is 21.5. The van der Waals surface area contributed by atoms with E-state index in [2.05, 4.69) is 20.4 Å². The highest BCUT2D eigenvalue weighted by Crippen LogP contribution is 2.31. The van der Waals surface area contributed by atoms with Gasteiger partial charge in [-0.3, -0.25) is 0 Å². The summed E-state index contributed by atoms with van der Waals surface area (Å²) < 4.78 is 11.1. The maximum Gasteiger partial charge on any atom is 0.160 e. The van der Waals surface area contributed by atoms with Crippen LogP contribution in [0.3, 0.4) is 0 Å². The van der Waals surface area contributed by atoms with Gasteiger partial charge in [0.25, 0.3) is 0 Å². The molecule has 1 atom stereocenters. The summed E-state index contributed by atoms with van der Waals surface area (Å²) >= 11 is 0. The zero-order valence-electron chi connectivity index (χ0n) is 18.1. The zero-order valence-corrected chi connectivity index (χ0v) is 18.1. The Kier molecular flexibility index (Phi) is 6.48. The van der Waals surface area contributed by atoms with Crippen LogP contribution in [0.1, 0.15) is 11.5 Å². The Bertz CT molecular complexity index is 1180. The molecule has 3 aromatic heterocycles. The zero-order chi connectivity index (χ0) is 22.5. The molecule has 32 heavy (non-hydrogen) atoms. The summed E-state index contributed by atoms with van der Waals surface area (Å²) in [6.45, 7) is 4.36. The summed E-state index contributed by atoms with van der Waals surface area (Å²) in [6.07, 6.45) is 4.29. The smallest absolute Gasteiger partial charge is 0.160 e. The van der Waals surface area contributed by atoms with Crippen LogP contribution in [-0.4, -0.2) is 56.5 Å². The normalized spacial score (nSPS) is 12.0. The average molecular weight is 432 g/mol. The van der Waals surface area contributed by atoms with Gasteiger partial charge in [0, 0.05) is 30.1 Å². The van der Waals surface area contributed by atoms with Crippen molar-refractivity contribution in [2.24, 2.45) is 0 Å². The third kappa shape index (κ3) is 4.79. The third-order valence-electron chi connectivity index (χ3n) is 4.85. The third-order valence-corrected chi connectivity index (χ3v) is 4.85. The lowest BCUT2D eigenvalue weighted by Crippen LogP contribution is -2.29. The molecule has 2 N–H and O–H groups in total. The van der Waals surface area contributed by atoms with Gasteiger partial charge in [0.05, 0.1) is 22.6 Å². The molecule has 4 aromatic rings. The predicted octanol–water partition coefficient (Wildman–Crippen LogP) is 2.83. The van der Waals surface area contributed by atoms with Gasteiger partial charge in [-0.25, -0.2) is 19.9 Å². The van der Waals surface area contributed by atoms with Gasteiger partial charge in [0.1, 0.15) is 30.5 Å². The minimum absolute atomic E-state index is 0.177. The molecular weight excluding hydrogens is 408 g/mol. The van der Waals surface area contributed by atoms with Crippen molar-refractivity contribution in [1.29, 1.82) is 0 Å². The SMILES string of the molecule is CNCC(O)COc1cccc(-c2nc(-c3cncnc3)cc(-c3c(C)noc3C)n2)c1. The fourth-order valence-electron chi connectivity index (χ4n) is 3.34. The summed E-state index contributed by atoms with van der Waals surface area (Å²) in [5.74, 6) is 1.81. The molecule has 0 bridgehead atoms. The van der Waals surface area contributed by atoms with Gasteiger partial charge in [0.2, 0.25) is 0 Å². The van der Waals surface area contributed by atoms with Crippen LogP contribution >= 0.6 is 0 Å². The molecule has 3 heterocycles. The molecule has 0 aliphatic rings. The molecule has 164 valence electrons. The molecule has 0 aliphatic heterocycles. The van der Waals surface area contributed by atoms with Gasteiger partial charge >= 0.3 is 0 Å². The Labute approximate surface area is 185 Å². The second-order valence-corrected chi connectivity index (χ2v) is 7.34. The van der Waals surface area contributed by atoms with E-state index in [4.69, 9.17) is 19.2 Å². The highest BCUT2D eigenvalue weighted by molar-refractivity contribution is 5.73. The number of likely N-dealkylation sites (N-methyl/N-ethyl adjacent to an activating group) is 1. The average Bonchev–Trinajstić information content (AvgIpc) is 3.16. The van der Waals surface area contributed by atoms with E-state index in [-0.39, 0.29) is 6.61 Å². The van der Waals surface area contributed by atoms with Gasteiger partial charge in [-0.1, -0.05) is 17.3 Å². The Morgan fingerprint density at radius 2 is 1.84 bits per heavy atom. The minimum Gasteiger partial charge on any atom is -0.491 e. The quantitative estimate of drug-likeness (QED) is 0.433. The van der Waals surface area contributed by atoms with Crippen molar-refractivity contribution < 1.29 is 14.4 Å². The number of rotatable bonds is 8. The van der Waals surface area contributed by atoms with E-state index >= 15 is 0 Å². The van der Waals surface area contributed by atoms with Crippen LogP contribution in [0.15, 0.2) is 53.6 Å². The number of hydrogen-bond donors (Lipinski definition) is 2. The maximum absolute atomic E-state index is 9.91. The van der Waals surface area contributed by atoms with Crippen molar-refractivity contribution in [2.45, 2.75) is 20.0 Å². The fourth-order valence-corrected chi connectivity index (χ4v) is 3.34. The van der Waals surface area contributed by atoms with Crippen molar-refractivity contribution in [3.05, 3.63) is 60.5 Å². The number of nitrogens with zero attached hydrogens (tertiary/aromatic N) is 5. The Hall–Kier alpha value is -3.69. The molecule has 0 aliphatic carbocycles. The van der Waals surface area contributed by atoms with Crippen LogP contribution in [0, 0.1) is 13.8 Å².